The van der Waals surface area contributed by atoms with Crippen molar-refractivity contribution in [2.45, 2.75) is 25.9 Å². The van der Waals surface area contributed by atoms with Crippen LogP contribution in [0.4, 0.5) is 0 Å². The summed E-state index contributed by atoms with van der Waals surface area (Å²) in [5, 5.41) is 0. The van der Waals surface area contributed by atoms with E-state index in [1.54, 1.807) is 6.20 Å². The normalized spacial score (nSPS) is 17.3. The van der Waals surface area contributed by atoms with Crippen LogP contribution >= 0.6 is 15.9 Å². The Morgan fingerprint density at radius 2 is 2.26 bits per heavy atom. The zero-order chi connectivity index (χ0) is 16.2. The minimum atomic E-state index is 0.00246. The first kappa shape index (κ1) is 16.0. The molecular formula is C18H19BrN2O2. The molecule has 0 radical (unpaired) electrons. The summed E-state index contributed by atoms with van der Waals surface area (Å²) in [5.41, 5.74) is 2.24. The SMILES string of the molecule is Cc1cccc(CC(=O)N2CC[C@H](Oc3ncccc3Br)C2)c1. The summed E-state index contributed by atoms with van der Waals surface area (Å²) < 4.78 is 6.74. The number of carbonyl (C=O) groups excluding carboxylic acids is 1. The number of likely N-dealkylation sites (tertiary alicyclic amines) is 1. The van der Waals surface area contributed by atoms with Crippen LogP contribution in [0.1, 0.15) is 17.5 Å². The molecule has 23 heavy (non-hydrogen) atoms. The summed E-state index contributed by atoms with van der Waals surface area (Å²) in [6.45, 7) is 3.39. The second-order valence-corrected chi connectivity index (χ2v) is 6.68. The van der Waals surface area contributed by atoms with Crippen LogP contribution in [-0.4, -0.2) is 35.0 Å². The molecule has 1 aromatic heterocycles. The van der Waals surface area contributed by atoms with E-state index in [1.807, 2.05) is 42.2 Å². The summed E-state index contributed by atoms with van der Waals surface area (Å²) in [6, 6.07) is 11.8. The van der Waals surface area contributed by atoms with E-state index in [9.17, 15) is 4.79 Å². The molecule has 0 aliphatic carbocycles. The van der Waals surface area contributed by atoms with E-state index in [4.69, 9.17) is 4.74 Å². The van der Waals surface area contributed by atoms with E-state index in [0.29, 0.717) is 18.8 Å². The molecule has 1 fully saturated rings. The van der Waals surface area contributed by atoms with Gasteiger partial charge in [0.2, 0.25) is 11.8 Å². The van der Waals surface area contributed by atoms with Crippen molar-refractivity contribution >= 4 is 21.8 Å². The maximum absolute atomic E-state index is 12.4. The van der Waals surface area contributed by atoms with Crippen LogP contribution in [0.25, 0.3) is 0 Å². The van der Waals surface area contributed by atoms with Crippen LogP contribution in [0.3, 0.4) is 0 Å². The highest BCUT2D eigenvalue weighted by Gasteiger charge is 2.28. The molecule has 0 spiro atoms. The molecule has 0 bridgehead atoms. The summed E-state index contributed by atoms with van der Waals surface area (Å²) in [7, 11) is 0. The third-order valence-corrected chi connectivity index (χ3v) is 4.54. The molecule has 120 valence electrons. The highest BCUT2D eigenvalue weighted by atomic mass is 79.9. The minimum absolute atomic E-state index is 0.00246. The summed E-state index contributed by atoms with van der Waals surface area (Å²) in [4.78, 5) is 18.5. The molecule has 1 saturated heterocycles. The monoisotopic (exact) mass is 374 g/mol. The lowest BCUT2D eigenvalue weighted by molar-refractivity contribution is -0.129. The van der Waals surface area contributed by atoms with Crippen LogP contribution in [0.2, 0.25) is 0 Å². The predicted molar refractivity (Wildman–Crippen MR) is 92.4 cm³/mol. The Hall–Kier alpha value is -1.88. The number of halogens is 1. The van der Waals surface area contributed by atoms with E-state index < -0.39 is 0 Å². The fourth-order valence-corrected chi connectivity index (χ4v) is 3.12. The lowest BCUT2D eigenvalue weighted by atomic mass is 10.1. The molecule has 1 atom stereocenters. The maximum Gasteiger partial charge on any atom is 0.228 e. The van der Waals surface area contributed by atoms with Gasteiger partial charge >= 0.3 is 0 Å². The zero-order valence-electron chi connectivity index (χ0n) is 13.0. The first-order valence-corrected chi connectivity index (χ1v) is 8.51. The Morgan fingerprint density at radius 3 is 3.04 bits per heavy atom. The van der Waals surface area contributed by atoms with Crippen molar-refractivity contribution in [3.8, 4) is 5.88 Å². The number of rotatable bonds is 4. The molecule has 1 amide bonds. The van der Waals surface area contributed by atoms with Crippen LogP contribution in [0.5, 0.6) is 5.88 Å². The van der Waals surface area contributed by atoms with E-state index in [-0.39, 0.29) is 12.0 Å². The van der Waals surface area contributed by atoms with Gasteiger partial charge in [-0.3, -0.25) is 4.79 Å². The van der Waals surface area contributed by atoms with Gasteiger partial charge < -0.3 is 9.64 Å². The fraction of sp³-hybridized carbons (Fsp3) is 0.333. The number of amides is 1. The molecule has 1 aliphatic rings. The molecule has 0 N–H and O–H groups in total. The molecule has 1 aromatic carbocycles. The van der Waals surface area contributed by atoms with Gasteiger partial charge in [-0.25, -0.2) is 4.98 Å². The average molecular weight is 375 g/mol. The molecule has 0 saturated carbocycles. The van der Waals surface area contributed by atoms with Crippen molar-refractivity contribution in [3.05, 3.63) is 58.2 Å². The van der Waals surface area contributed by atoms with Crippen molar-refractivity contribution in [2.24, 2.45) is 0 Å². The van der Waals surface area contributed by atoms with Gasteiger partial charge in [0.1, 0.15) is 6.10 Å². The predicted octanol–water partition coefficient (Wildman–Crippen LogP) is 3.37. The van der Waals surface area contributed by atoms with Gasteiger partial charge in [-0.2, -0.15) is 0 Å². The Labute approximate surface area is 144 Å². The fourth-order valence-electron chi connectivity index (χ4n) is 2.78. The summed E-state index contributed by atoms with van der Waals surface area (Å²) in [6.07, 6.45) is 2.99. The number of aryl methyl sites for hydroxylation is 1. The van der Waals surface area contributed by atoms with Gasteiger partial charge in [0, 0.05) is 19.2 Å². The van der Waals surface area contributed by atoms with Crippen LogP contribution in [0.15, 0.2) is 47.1 Å². The van der Waals surface area contributed by atoms with Crippen molar-refractivity contribution in [3.63, 3.8) is 0 Å². The topological polar surface area (TPSA) is 42.4 Å². The molecule has 2 heterocycles. The quantitative estimate of drug-likeness (QED) is 0.823. The first-order chi connectivity index (χ1) is 11.1. The highest BCUT2D eigenvalue weighted by Crippen LogP contribution is 2.24. The Bertz CT molecular complexity index is 705. The Kier molecular flexibility index (Phi) is 4.96. The highest BCUT2D eigenvalue weighted by molar-refractivity contribution is 9.10. The molecule has 4 nitrogen and oxygen atoms in total. The average Bonchev–Trinajstić information content (AvgIpc) is 2.98. The molecule has 5 heteroatoms. The summed E-state index contributed by atoms with van der Waals surface area (Å²) in [5.74, 6) is 0.743. The third-order valence-electron chi connectivity index (χ3n) is 3.94. The van der Waals surface area contributed by atoms with Gasteiger partial charge in [-0.15, -0.1) is 0 Å². The van der Waals surface area contributed by atoms with E-state index in [1.165, 1.54) is 5.56 Å². The van der Waals surface area contributed by atoms with E-state index >= 15 is 0 Å². The van der Waals surface area contributed by atoms with Gasteiger partial charge in [-0.05, 0) is 40.5 Å². The number of hydrogen-bond donors (Lipinski definition) is 0. The zero-order valence-corrected chi connectivity index (χ0v) is 14.6. The summed E-state index contributed by atoms with van der Waals surface area (Å²) >= 11 is 3.43. The standard InChI is InChI=1S/C18H19BrN2O2/c1-13-4-2-5-14(10-13)11-17(22)21-9-7-15(12-21)23-18-16(19)6-3-8-20-18/h2-6,8,10,15H,7,9,11-12H2,1H3/t15-/m0/s1. The van der Waals surface area contributed by atoms with Crippen molar-refractivity contribution in [2.75, 3.05) is 13.1 Å². The van der Waals surface area contributed by atoms with Gasteiger partial charge in [0.25, 0.3) is 0 Å². The number of benzene rings is 1. The lowest BCUT2D eigenvalue weighted by Gasteiger charge is -2.17. The molecule has 0 unspecified atom stereocenters. The lowest BCUT2D eigenvalue weighted by Crippen LogP contribution is -2.32. The van der Waals surface area contributed by atoms with E-state index in [2.05, 4.69) is 27.0 Å². The second kappa shape index (κ2) is 7.13. The van der Waals surface area contributed by atoms with Crippen LogP contribution < -0.4 is 4.74 Å². The van der Waals surface area contributed by atoms with Crippen molar-refractivity contribution in [1.82, 2.24) is 9.88 Å². The third kappa shape index (κ3) is 4.10. The first-order valence-electron chi connectivity index (χ1n) is 7.72. The van der Waals surface area contributed by atoms with Crippen molar-refractivity contribution < 1.29 is 9.53 Å². The van der Waals surface area contributed by atoms with E-state index in [0.717, 1.165) is 23.0 Å². The number of aromatic nitrogens is 1. The number of ether oxygens (including phenoxy) is 1. The molecular weight excluding hydrogens is 356 g/mol. The second-order valence-electron chi connectivity index (χ2n) is 5.82. The smallest absolute Gasteiger partial charge is 0.228 e. The molecule has 3 rings (SSSR count). The van der Waals surface area contributed by atoms with Crippen molar-refractivity contribution in [1.29, 1.82) is 0 Å². The largest absolute Gasteiger partial charge is 0.472 e. The van der Waals surface area contributed by atoms with Gasteiger partial charge in [0.05, 0.1) is 17.4 Å². The Morgan fingerprint density at radius 1 is 1.39 bits per heavy atom. The van der Waals surface area contributed by atoms with Gasteiger partial charge in [-0.1, -0.05) is 29.8 Å². The number of pyridine rings is 1. The number of hydrogen-bond acceptors (Lipinski definition) is 3. The Balaban J connectivity index is 1.57. The number of nitrogens with zero attached hydrogens (tertiary/aromatic N) is 2. The minimum Gasteiger partial charge on any atom is -0.472 e. The maximum atomic E-state index is 12.4. The number of carbonyl (C=O) groups is 1. The molecule has 1 aliphatic heterocycles. The van der Waals surface area contributed by atoms with Crippen LogP contribution in [0, 0.1) is 6.92 Å². The van der Waals surface area contributed by atoms with Gasteiger partial charge in [0.15, 0.2) is 0 Å². The van der Waals surface area contributed by atoms with Crippen LogP contribution in [-0.2, 0) is 11.2 Å². The molecule has 2 aromatic rings.